The average Bonchev–Trinajstić information content (AvgIpc) is 2.60. The Balaban J connectivity index is 1.74. The lowest BCUT2D eigenvalue weighted by Crippen LogP contribution is -2.15. The highest BCUT2D eigenvalue weighted by Gasteiger charge is 2.15. The van der Waals surface area contributed by atoms with Gasteiger partial charge in [0.1, 0.15) is 10.7 Å². The normalized spacial score (nSPS) is 10.7. The Morgan fingerprint density at radius 3 is 2.69 bits per heavy atom. The lowest BCUT2D eigenvalue weighted by atomic mass is 10.1. The molecule has 132 valence electrons. The van der Waals surface area contributed by atoms with E-state index in [1.54, 1.807) is 12.1 Å². The molecule has 0 spiro atoms. The molecule has 0 saturated heterocycles. The highest BCUT2D eigenvalue weighted by molar-refractivity contribution is 8.00. The second-order valence-corrected chi connectivity index (χ2v) is 6.83. The number of pyridine rings is 1. The average molecular weight is 367 g/mol. The minimum absolute atomic E-state index is 0.122. The highest BCUT2D eigenvalue weighted by atomic mass is 32.2. The van der Waals surface area contributed by atoms with E-state index >= 15 is 0 Å². The molecule has 6 nitrogen and oxygen atoms in total. The Morgan fingerprint density at radius 2 is 1.92 bits per heavy atom. The number of nitrogens with zero attached hydrogens (tertiary/aromatic N) is 2. The van der Waals surface area contributed by atoms with Gasteiger partial charge in [-0.2, -0.15) is 0 Å². The van der Waals surface area contributed by atoms with Gasteiger partial charge in [0, 0.05) is 11.5 Å². The maximum atomic E-state index is 12.2. The maximum Gasteiger partial charge on any atom is 0.292 e. The Morgan fingerprint density at radius 1 is 1.15 bits per heavy atom. The van der Waals surface area contributed by atoms with Gasteiger partial charge in [-0.15, -0.1) is 0 Å². The van der Waals surface area contributed by atoms with E-state index in [9.17, 15) is 14.9 Å². The number of aromatic nitrogens is 1. The number of benzene rings is 2. The summed E-state index contributed by atoms with van der Waals surface area (Å²) in [5.41, 5.74) is 3.06. The first kappa shape index (κ1) is 17.9. The maximum absolute atomic E-state index is 12.2. The van der Waals surface area contributed by atoms with Gasteiger partial charge in [0.25, 0.3) is 5.69 Å². The van der Waals surface area contributed by atoms with Crippen LogP contribution in [0.3, 0.4) is 0 Å². The van der Waals surface area contributed by atoms with Crippen LogP contribution >= 0.6 is 11.8 Å². The summed E-state index contributed by atoms with van der Waals surface area (Å²) in [6.45, 7) is 3.96. The monoisotopic (exact) mass is 367 g/mol. The number of hydrogen-bond acceptors (Lipinski definition) is 5. The van der Waals surface area contributed by atoms with Crippen molar-refractivity contribution in [1.29, 1.82) is 0 Å². The van der Waals surface area contributed by atoms with Crippen molar-refractivity contribution < 1.29 is 9.72 Å². The predicted molar refractivity (Wildman–Crippen MR) is 104 cm³/mol. The summed E-state index contributed by atoms with van der Waals surface area (Å²) in [7, 11) is 0. The molecule has 0 unspecified atom stereocenters. The van der Waals surface area contributed by atoms with Gasteiger partial charge in [-0.3, -0.25) is 14.9 Å². The third kappa shape index (κ3) is 3.83. The van der Waals surface area contributed by atoms with Crippen LogP contribution in [0.25, 0.3) is 10.9 Å². The summed E-state index contributed by atoms with van der Waals surface area (Å²) >= 11 is 1.32. The fourth-order valence-electron chi connectivity index (χ4n) is 2.64. The van der Waals surface area contributed by atoms with Gasteiger partial charge >= 0.3 is 0 Å². The molecule has 0 saturated carbocycles. The van der Waals surface area contributed by atoms with E-state index in [4.69, 9.17) is 0 Å². The minimum atomic E-state index is -0.513. The zero-order valence-corrected chi connectivity index (χ0v) is 15.2. The summed E-state index contributed by atoms with van der Waals surface area (Å²) in [5, 5.41) is 15.5. The van der Waals surface area contributed by atoms with Crippen LogP contribution in [0, 0.1) is 24.0 Å². The topological polar surface area (TPSA) is 85.1 Å². The van der Waals surface area contributed by atoms with E-state index in [1.165, 1.54) is 23.9 Å². The lowest BCUT2D eigenvalue weighted by Gasteiger charge is -2.09. The van der Waals surface area contributed by atoms with E-state index < -0.39 is 4.92 Å². The number of nitro groups is 1. The molecule has 26 heavy (non-hydrogen) atoms. The molecule has 1 aromatic heterocycles. The smallest absolute Gasteiger partial charge is 0.292 e. The molecule has 3 aromatic rings. The molecule has 0 aliphatic carbocycles. The molecule has 0 bridgehead atoms. The van der Waals surface area contributed by atoms with Crippen molar-refractivity contribution in [1.82, 2.24) is 4.98 Å². The molecular formula is C19H17N3O3S. The molecule has 1 N–H and O–H groups in total. The number of para-hydroxylation sites is 3. The number of aryl methyl sites for hydroxylation is 2. The van der Waals surface area contributed by atoms with Crippen LogP contribution in [-0.4, -0.2) is 21.6 Å². The van der Waals surface area contributed by atoms with Crippen LogP contribution in [0.2, 0.25) is 0 Å². The van der Waals surface area contributed by atoms with Crippen LogP contribution in [0.4, 0.5) is 11.4 Å². The fraction of sp³-hybridized carbons (Fsp3) is 0.158. The number of carbonyl (C=O) groups is 1. The van der Waals surface area contributed by atoms with Gasteiger partial charge in [0.15, 0.2) is 0 Å². The second kappa shape index (κ2) is 7.53. The molecule has 0 radical (unpaired) electrons. The lowest BCUT2D eigenvalue weighted by molar-refractivity contribution is -0.383. The molecule has 7 heteroatoms. The molecule has 1 amide bonds. The minimum Gasteiger partial charge on any atom is -0.320 e. The van der Waals surface area contributed by atoms with E-state index in [0.29, 0.717) is 0 Å². The third-order valence-electron chi connectivity index (χ3n) is 3.91. The van der Waals surface area contributed by atoms with Crippen LogP contribution in [-0.2, 0) is 4.79 Å². The summed E-state index contributed by atoms with van der Waals surface area (Å²) < 4.78 is 0. The van der Waals surface area contributed by atoms with Crippen molar-refractivity contribution in [3.8, 4) is 0 Å². The van der Waals surface area contributed by atoms with Crippen molar-refractivity contribution in [3.63, 3.8) is 0 Å². The zero-order valence-electron chi connectivity index (χ0n) is 14.4. The van der Waals surface area contributed by atoms with E-state index in [2.05, 4.69) is 16.4 Å². The molecule has 3 rings (SSSR count). The van der Waals surface area contributed by atoms with Crippen LogP contribution in [0.15, 0.2) is 53.6 Å². The van der Waals surface area contributed by atoms with Crippen molar-refractivity contribution in [2.24, 2.45) is 0 Å². The second-order valence-electron chi connectivity index (χ2n) is 5.87. The quantitative estimate of drug-likeness (QED) is 0.408. The summed E-state index contributed by atoms with van der Waals surface area (Å²) in [5.74, 6) is -0.188. The van der Waals surface area contributed by atoms with E-state index in [0.717, 1.165) is 27.1 Å². The predicted octanol–water partition coefficient (Wildman–Crippen LogP) is 4.49. The van der Waals surface area contributed by atoms with E-state index in [-0.39, 0.29) is 23.0 Å². The summed E-state index contributed by atoms with van der Waals surface area (Å²) in [6.07, 6.45) is 0. The molecule has 1 heterocycles. The van der Waals surface area contributed by atoms with Gasteiger partial charge in [-0.25, -0.2) is 4.98 Å². The number of fused-ring (bicyclic) bond motifs is 1. The number of rotatable bonds is 5. The Labute approximate surface area is 154 Å². The van der Waals surface area contributed by atoms with Crippen molar-refractivity contribution in [2.45, 2.75) is 18.9 Å². The SMILES string of the molecule is Cc1cc2cccc(C)c2nc1SCC(=O)Nc1ccccc1[N+](=O)[O-]. The first-order chi connectivity index (χ1) is 12.5. The molecule has 0 fully saturated rings. The number of nitrogens with one attached hydrogen (secondary N) is 1. The highest BCUT2D eigenvalue weighted by Crippen LogP contribution is 2.27. The number of anilines is 1. The fourth-order valence-corrected chi connectivity index (χ4v) is 3.42. The largest absolute Gasteiger partial charge is 0.320 e. The third-order valence-corrected chi connectivity index (χ3v) is 5.00. The van der Waals surface area contributed by atoms with Crippen LogP contribution in [0.5, 0.6) is 0 Å². The molecule has 2 aromatic carbocycles. The van der Waals surface area contributed by atoms with Gasteiger partial charge in [0.05, 0.1) is 16.2 Å². The molecule has 0 atom stereocenters. The molecule has 0 aliphatic heterocycles. The summed E-state index contributed by atoms with van der Waals surface area (Å²) in [6, 6.07) is 14.1. The van der Waals surface area contributed by atoms with Gasteiger partial charge < -0.3 is 5.32 Å². The zero-order chi connectivity index (χ0) is 18.7. The van der Waals surface area contributed by atoms with Crippen molar-refractivity contribution >= 4 is 39.9 Å². The van der Waals surface area contributed by atoms with Gasteiger partial charge in [-0.05, 0) is 37.1 Å². The first-order valence-electron chi connectivity index (χ1n) is 7.99. The Bertz CT molecular complexity index is 1000. The Kier molecular flexibility index (Phi) is 5.18. The number of hydrogen-bond donors (Lipinski definition) is 1. The van der Waals surface area contributed by atoms with Gasteiger partial charge in [-0.1, -0.05) is 42.1 Å². The van der Waals surface area contributed by atoms with Crippen LogP contribution < -0.4 is 5.32 Å². The molecular weight excluding hydrogens is 350 g/mol. The standard InChI is InChI=1S/C19H17N3O3S/c1-12-6-5-7-14-10-13(2)19(21-18(12)14)26-11-17(23)20-15-8-3-4-9-16(15)22(24)25/h3-10H,11H2,1-2H3,(H,20,23). The first-order valence-corrected chi connectivity index (χ1v) is 8.97. The summed E-state index contributed by atoms with van der Waals surface area (Å²) in [4.78, 5) is 27.4. The number of nitro benzene ring substituents is 1. The molecule has 0 aliphatic rings. The van der Waals surface area contributed by atoms with E-state index in [1.807, 2.05) is 32.0 Å². The number of amides is 1. The van der Waals surface area contributed by atoms with Crippen molar-refractivity contribution in [2.75, 3.05) is 11.1 Å². The Hall–Kier alpha value is -2.93. The number of thioether (sulfide) groups is 1. The number of carbonyl (C=O) groups excluding carboxylic acids is 1. The van der Waals surface area contributed by atoms with Crippen molar-refractivity contribution in [3.05, 3.63) is 69.8 Å². The van der Waals surface area contributed by atoms with Gasteiger partial charge in [0.2, 0.25) is 5.91 Å². The van der Waals surface area contributed by atoms with Crippen LogP contribution in [0.1, 0.15) is 11.1 Å².